The van der Waals surface area contributed by atoms with E-state index in [0.29, 0.717) is 22.4 Å². The fraction of sp³-hybridized carbons (Fsp3) is 0.200. The van der Waals surface area contributed by atoms with Crippen molar-refractivity contribution >= 4 is 56.6 Å². The van der Waals surface area contributed by atoms with Crippen LogP contribution in [0.2, 0.25) is 0 Å². The second kappa shape index (κ2) is 10.3. The fourth-order valence-corrected chi connectivity index (χ4v) is 3.77. The highest BCUT2D eigenvalue weighted by Crippen LogP contribution is 2.27. The molecule has 1 aliphatic rings. The molecule has 0 spiro atoms. The molecule has 8 nitrogen and oxygen atoms in total. The summed E-state index contributed by atoms with van der Waals surface area (Å²) in [6, 6.07) is 12.5. The fourth-order valence-electron chi connectivity index (χ4n) is 2.58. The summed E-state index contributed by atoms with van der Waals surface area (Å²) >= 11 is 4.51. The standard InChI is InChI=1S/C20H19BrN4O4S/c1-28-15-8-3-12(9-16(15)29-2)11-22-25-20-24-19(27)17(30-20)10-18(26)23-14-6-4-13(21)5-7-14/h3-9,11,17H,10H2,1-2H3,(H,23,26)(H,24,25,27)/b22-11+. The van der Waals surface area contributed by atoms with E-state index in [1.165, 1.54) is 18.0 Å². The summed E-state index contributed by atoms with van der Waals surface area (Å²) in [5.41, 5.74) is 1.43. The number of methoxy groups -OCH3 is 2. The van der Waals surface area contributed by atoms with Crippen LogP contribution < -0.4 is 20.1 Å². The highest BCUT2D eigenvalue weighted by atomic mass is 79.9. The molecule has 2 aromatic rings. The minimum Gasteiger partial charge on any atom is -0.493 e. The lowest BCUT2D eigenvalue weighted by atomic mass is 10.2. The topological polar surface area (TPSA) is 101 Å². The van der Waals surface area contributed by atoms with Gasteiger partial charge in [-0.2, -0.15) is 5.10 Å². The molecular weight excluding hydrogens is 472 g/mol. The van der Waals surface area contributed by atoms with Crippen LogP contribution in [0.4, 0.5) is 5.69 Å². The van der Waals surface area contributed by atoms with Crippen molar-refractivity contribution in [2.24, 2.45) is 10.2 Å². The smallest absolute Gasteiger partial charge is 0.240 e. The van der Waals surface area contributed by atoms with Crippen LogP contribution in [-0.2, 0) is 9.59 Å². The minimum atomic E-state index is -0.560. The minimum absolute atomic E-state index is 0.0327. The Morgan fingerprint density at radius 1 is 1.20 bits per heavy atom. The Labute approximate surface area is 186 Å². The molecule has 0 saturated carbocycles. The Balaban J connectivity index is 1.57. The summed E-state index contributed by atoms with van der Waals surface area (Å²) in [4.78, 5) is 24.3. The Morgan fingerprint density at radius 3 is 2.63 bits per heavy atom. The van der Waals surface area contributed by atoms with E-state index in [2.05, 4.69) is 36.8 Å². The largest absolute Gasteiger partial charge is 0.493 e. The van der Waals surface area contributed by atoms with Crippen LogP contribution in [0.1, 0.15) is 12.0 Å². The third kappa shape index (κ3) is 5.83. The van der Waals surface area contributed by atoms with Crippen molar-refractivity contribution in [3.05, 3.63) is 52.5 Å². The monoisotopic (exact) mass is 490 g/mol. The van der Waals surface area contributed by atoms with Crippen molar-refractivity contribution in [2.75, 3.05) is 19.5 Å². The van der Waals surface area contributed by atoms with Gasteiger partial charge in [-0.05, 0) is 48.0 Å². The molecule has 1 saturated heterocycles. The molecular formula is C20H19BrN4O4S. The van der Waals surface area contributed by atoms with Gasteiger partial charge in [0.15, 0.2) is 16.7 Å². The van der Waals surface area contributed by atoms with Gasteiger partial charge in [0.1, 0.15) is 5.25 Å². The van der Waals surface area contributed by atoms with E-state index in [-0.39, 0.29) is 18.2 Å². The number of hydrogen-bond acceptors (Lipinski definition) is 7. The molecule has 30 heavy (non-hydrogen) atoms. The predicted molar refractivity (Wildman–Crippen MR) is 121 cm³/mol. The van der Waals surface area contributed by atoms with Crippen LogP contribution in [0.15, 0.2) is 57.1 Å². The van der Waals surface area contributed by atoms with Crippen LogP contribution in [0, 0.1) is 0 Å². The Kier molecular flexibility index (Phi) is 7.47. The maximum atomic E-state index is 12.2. The quantitative estimate of drug-likeness (QED) is 0.457. The lowest BCUT2D eigenvalue weighted by Crippen LogP contribution is -2.28. The number of carbonyl (C=O) groups excluding carboxylic acids is 2. The van der Waals surface area contributed by atoms with Crippen molar-refractivity contribution in [3.63, 3.8) is 0 Å². The predicted octanol–water partition coefficient (Wildman–Crippen LogP) is 3.42. The van der Waals surface area contributed by atoms with Gasteiger partial charge >= 0.3 is 0 Å². The number of nitrogens with zero attached hydrogens (tertiary/aromatic N) is 2. The van der Waals surface area contributed by atoms with E-state index in [1.54, 1.807) is 44.6 Å². The van der Waals surface area contributed by atoms with E-state index in [9.17, 15) is 9.59 Å². The summed E-state index contributed by atoms with van der Waals surface area (Å²) in [5, 5.41) is 13.2. The van der Waals surface area contributed by atoms with E-state index >= 15 is 0 Å². The van der Waals surface area contributed by atoms with Crippen LogP contribution >= 0.6 is 27.7 Å². The molecule has 0 bridgehead atoms. The number of rotatable bonds is 7. The highest BCUT2D eigenvalue weighted by Gasteiger charge is 2.32. The lowest BCUT2D eigenvalue weighted by molar-refractivity contribution is -0.122. The highest BCUT2D eigenvalue weighted by molar-refractivity contribution is 9.10. The maximum absolute atomic E-state index is 12.2. The summed E-state index contributed by atoms with van der Waals surface area (Å²) in [6.45, 7) is 0. The summed E-state index contributed by atoms with van der Waals surface area (Å²) in [7, 11) is 3.11. The van der Waals surface area contributed by atoms with Gasteiger partial charge in [-0.1, -0.05) is 27.7 Å². The number of nitrogens with one attached hydrogen (secondary N) is 2. The Morgan fingerprint density at radius 2 is 1.93 bits per heavy atom. The van der Waals surface area contributed by atoms with E-state index < -0.39 is 5.25 Å². The van der Waals surface area contributed by atoms with Crippen molar-refractivity contribution in [1.29, 1.82) is 0 Å². The molecule has 0 aromatic heterocycles. The molecule has 1 atom stereocenters. The molecule has 156 valence electrons. The number of amides is 2. The number of anilines is 1. The second-order valence-electron chi connectivity index (χ2n) is 6.12. The van der Waals surface area contributed by atoms with Crippen LogP contribution in [-0.4, -0.2) is 42.7 Å². The first-order chi connectivity index (χ1) is 14.5. The number of amidine groups is 1. The number of halogens is 1. The van der Waals surface area contributed by atoms with Crippen LogP contribution in [0.3, 0.4) is 0 Å². The summed E-state index contributed by atoms with van der Waals surface area (Å²) in [5.74, 6) is 0.671. The molecule has 0 radical (unpaired) electrons. The molecule has 10 heteroatoms. The average molecular weight is 491 g/mol. The van der Waals surface area contributed by atoms with Gasteiger partial charge in [0, 0.05) is 16.6 Å². The van der Waals surface area contributed by atoms with Gasteiger partial charge in [0.05, 0.1) is 20.4 Å². The second-order valence-corrected chi connectivity index (χ2v) is 8.23. The summed E-state index contributed by atoms with van der Waals surface area (Å²) in [6.07, 6.45) is 1.57. The zero-order chi connectivity index (χ0) is 21.5. The molecule has 2 aromatic carbocycles. The molecule has 2 amide bonds. The number of ether oxygens (including phenoxy) is 2. The van der Waals surface area contributed by atoms with E-state index in [0.717, 1.165) is 10.0 Å². The zero-order valence-corrected chi connectivity index (χ0v) is 18.6. The number of hydrogen-bond donors (Lipinski definition) is 2. The first-order valence-electron chi connectivity index (χ1n) is 8.84. The number of thioether (sulfide) groups is 1. The average Bonchev–Trinajstić information content (AvgIpc) is 3.08. The van der Waals surface area contributed by atoms with Crippen molar-refractivity contribution in [3.8, 4) is 11.5 Å². The van der Waals surface area contributed by atoms with Crippen molar-refractivity contribution in [2.45, 2.75) is 11.7 Å². The molecule has 3 rings (SSSR count). The molecule has 1 heterocycles. The van der Waals surface area contributed by atoms with Gasteiger partial charge in [0.2, 0.25) is 11.8 Å². The van der Waals surface area contributed by atoms with Gasteiger partial charge < -0.3 is 20.1 Å². The van der Waals surface area contributed by atoms with E-state index in [1.807, 2.05) is 12.1 Å². The Hall–Kier alpha value is -2.85. The number of carbonyl (C=O) groups is 2. The van der Waals surface area contributed by atoms with Crippen LogP contribution in [0.5, 0.6) is 11.5 Å². The van der Waals surface area contributed by atoms with Crippen molar-refractivity contribution < 1.29 is 19.1 Å². The molecule has 1 fully saturated rings. The SMILES string of the molecule is COc1ccc(/C=N/N=C2\NC(=O)C(CC(=O)Nc3ccc(Br)cc3)S2)cc1OC. The molecule has 1 aliphatic heterocycles. The first-order valence-corrected chi connectivity index (χ1v) is 10.5. The zero-order valence-electron chi connectivity index (χ0n) is 16.2. The van der Waals surface area contributed by atoms with Gasteiger partial charge in [0.25, 0.3) is 0 Å². The number of benzene rings is 2. The third-order valence-electron chi connectivity index (χ3n) is 4.04. The lowest BCUT2D eigenvalue weighted by Gasteiger charge is -2.07. The van der Waals surface area contributed by atoms with Gasteiger partial charge in [-0.15, -0.1) is 5.10 Å². The third-order valence-corrected chi connectivity index (χ3v) is 5.64. The molecule has 0 aliphatic carbocycles. The van der Waals surface area contributed by atoms with E-state index in [4.69, 9.17) is 9.47 Å². The normalized spacial score (nSPS) is 17.2. The first kappa shape index (κ1) is 21.8. The van der Waals surface area contributed by atoms with Crippen LogP contribution in [0.25, 0.3) is 0 Å². The van der Waals surface area contributed by atoms with Gasteiger partial charge in [-0.3, -0.25) is 9.59 Å². The molecule has 2 N–H and O–H groups in total. The Bertz CT molecular complexity index is 995. The maximum Gasteiger partial charge on any atom is 0.240 e. The van der Waals surface area contributed by atoms with Crippen molar-refractivity contribution in [1.82, 2.24) is 5.32 Å². The molecule has 1 unspecified atom stereocenters. The summed E-state index contributed by atoms with van der Waals surface area (Å²) < 4.78 is 11.4. The van der Waals surface area contributed by atoms with Gasteiger partial charge in [-0.25, -0.2) is 0 Å².